The van der Waals surface area contributed by atoms with Crippen LogP contribution in [0, 0.1) is 6.92 Å². The second-order valence-corrected chi connectivity index (χ2v) is 12.7. The van der Waals surface area contributed by atoms with E-state index < -0.39 is 0 Å². The number of nitrogens with zero attached hydrogens (tertiary/aromatic N) is 3. The summed E-state index contributed by atoms with van der Waals surface area (Å²) in [6.45, 7) is 8.50. The largest absolute Gasteiger partial charge is 0.489 e. The molecule has 3 N–H and O–H groups in total. The molecule has 1 saturated heterocycles. The number of halogens is 1. The smallest absolute Gasteiger partial charge is 0.253 e. The van der Waals surface area contributed by atoms with Crippen molar-refractivity contribution in [1.82, 2.24) is 20.2 Å². The van der Waals surface area contributed by atoms with E-state index in [1.165, 1.54) is 24.0 Å². The van der Waals surface area contributed by atoms with Gasteiger partial charge in [0.25, 0.3) is 5.91 Å². The summed E-state index contributed by atoms with van der Waals surface area (Å²) in [7, 11) is 2.19. The van der Waals surface area contributed by atoms with Gasteiger partial charge < -0.3 is 25.6 Å². The summed E-state index contributed by atoms with van der Waals surface area (Å²) < 4.78 is 7.03. The second kappa shape index (κ2) is 14.0. The number of aromatic nitrogens is 2. The topological polar surface area (TPSA) is 91.4 Å². The molecule has 2 heterocycles. The highest BCUT2D eigenvalue weighted by molar-refractivity contribution is 14.1. The molecule has 224 valence electrons. The fourth-order valence-corrected chi connectivity index (χ4v) is 6.51. The molecule has 1 saturated carbocycles. The van der Waals surface area contributed by atoms with Gasteiger partial charge in [-0.25, -0.2) is 4.98 Å². The Morgan fingerprint density at radius 3 is 2.52 bits per heavy atom. The summed E-state index contributed by atoms with van der Waals surface area (Å²) in [5.74, 6) is 2.44. The van der Waals surface area contributed by atoms with E-state index in [0.29, 0.717) is 23.2 Å². The molecule has 2 aliphatic rings. The Hall–Kier alpha value is -2.92. The zero-order valence-corrected chi connectivity index (χ0v) is 27.3. The lowest BCUT2D eigenvalue weighted by Crippen LogP contribution is -2.32. The van der Waals surface area contributed by atoms with Crippen LogP contribution in [-0.4, -0.2) is 53.1 Å². The van der Waals surface area contributed by atoms with Crippen molar-refractivity contribution in [2.75, 3.05) is 30.8 Å². The van der Waals surface area contributed by atoms with Crippen molar-refractivity contribution in [2.24, 2.45) is 0 Å². The number of benzene rings is 2. The third kappa shape index (κ3) is 7.53. The molecule has 0 spiro atoms. The van der Waals surface area contributed by atoms with Crippen LogP contribution < -0.4 is 20.7 Å². The number of amides is 1. The molecule has 0 radical (unpaired) electrons. The monoisotopic (exact) mass is 682 g/mol. The highest BCUT2D eigenvalue weighted by Gasteiger charge is 2.23. The van der Waals surface area contributed by atoms with Crippen LogP contribution in [0.25, 0.3) is 0 Å². The molecular weight excluding hydrogens is 639 g/mol. The highest BCUT2D eigenvalue weighted by Crippen LogP contribution is 2.38. The minimum Gasteiger partial charge on any atom is -0.489 e. The van der Waals surface area contributed by atoms with Crippen molar-refractivity contribution < 1.29 is 9.53 Å². The van der Waals surface area contributed by atoms with Crippen LogP contribution in [0.2, 0.25) is 0 Å². The molecule has 1 aliphatic heterocycles. The van der Waals surface area contributed by atoms with Gasteiger partial charge in [-0.1, -0.05) is 47.6 Å². The number of nitrogens with one attached hydrogen (secondary N) is 3. The fraction of sp³-hybridized carbons (Fsp3) is 0.485. The lowest BCUT2D eigenvalue weighted by Gasteiger charge is -2.30. The van der Waals surface area contributed by atoms with Gasteiger partial charge >= 0.3 is 0 Å². The lowest BCUT2D eigenvalue weighted by atomic mass is 9.86. The fourth-order valence-electron chi connectivity index (χ4n) is 5.96. The predicted molar refractivity (Wildman–Crippen MR) is 179 cm³/mol. The Morgan fingerprint density at radius 1 is 1.07 bits per heavy atom. The Morgan fingerprint density at radius 2 is 1.81 bits per heavy atom. The molecule has 2 aromatic carbocycles. The molecule has 0 unspecified atom stereocenters. The van der Waals surface area contributed by atoms with E-state index in [1.807, 2.05) is 44.3 Å². The number of anilines is 4. The van der Waals surface area contributed by atoms with Crippen LogP contribution in [0.5, 0.6) is 5.75 Å². The maximum Gasteiger partial charge on any atom is 0.253 e. The van der Waals surface area contributed by atoms with Crippen LogP contribution in [0.4, 0.5) is 23.1 Å². The van der Waals surface area contributed by atoms with Gasteiger partial charge in [-0.2, -0.15) is 4.98 Å². The normalized spacial score (nSPS) is 16.5. The van der Waals surface area contributed by atoms with E-state index in [2.05, 4.69) is 74.5 Å². The summed E-state index contributed by atoms with van der Waals surface area (Å²) in [6, 6.07) is 12.2. The summed E-state index contributed by atoms with van der Waals surface area (Å²) in [6.07, 6.45) is 8.61. The van der Waals surface area contributed by atoms with Gasteiger partial charge in [-0.15, -0.1) is 0 Å². The third-order valence-corrected chi connectivity index (χ3v) is 9.08. The first-order valence-electron chi connectivity index (χ1n) is 15.2. The van der Waals surface area contributed by atoms with Gasteiger partial charge in [0.2, 0.25) is 5.95 Å². The SMILES string of the molecule is Cc1cc(Nc2ncc(CI)c(Nc3ccccc3C(=O)NC3CCCC3)n2)c(OC(C)C)cc1C1CCN(C)CC1. The lowest BCUT2D eigenvalue weighted by molar-refractivity contribution is 0.0938. The molecule has 1 aliphatic carbocycles. The van der Waals surface area contributed by atoms with Gasteiger partial charge in [-0.3, -0.25) is 4.79 Å². The molecule has 0 bridgehead atoms. The maximum absolute atomic E-state index is 13.2. The van der Waals surface area contributed by atoms with Gasteiger partial charge in [0.1, 0.15) is 11.6 Å². The molecule has 0 atom stereocenters. The maximum atomic E-state index is 13.2. The van der Waals surface area contributed by atoms with Gasteiger partial charge in [-0.05, 0) is 108 Å². The Kier molecular flexibility index (Phi) is 10.2. The highest BCUT2D eigenvalue weighted by atomic mass is 127. The molecule has 5 rings (SSSR count). The van der Waals surface area contributed by atoms with Crippen LogP contribution in [-0.2, 0) is 4.43 Å². The zero-order valence-electron chi connectivity index (χ0n) is 25.2. The van der Waals surface area contributed by atoms with E-state index >= 15 is 0 Å². The zero-order chi connectivity index (χ0) is 29.6. The number of likely N-dealkylation sites (tertiary alicyclic amines) is 1. The van der Waals surface area contributed by atoms with Crippen LogP contribution in [0.1, 0.15) is 85.3 Å². The summed E-state index contributed by atoms with van der Waals surface area (Å²) in [5, 5.41) is 10.1. The number of ether oxygens (including phenoxy) is 1. The second-order valence-electron chi connectivity index (χ2n) is 11.9. The number of hydrogen-bond donors (Lipinski definition) is 3. The first-order valence-corrected chi connectivity index (χ1v) is 16.7. The van der Waals surface area contributed by atoms with Crippen molar-refractivity contribution in [1.29, 1.82) is 0 Å². The first kappa shape index (κ1) is 30.5. The van der Waals surface area contributed by atoms with Crippen molar-refractivity contribution in [2.45, 2.75) is 81.8 Å². The van der Waals surface area contributed by atoms with E-state index in [1.54, 1.807) is 0 Å². The molecular formula is C33H43IN6O2. The number of carbonyl (C=O) groups is 1. The quantitative estimate of drug-likeness (QED) is 0.151. The number of piperidine rings is 1. The molecule has 1 amide bonds. The van der Waals surface area contributed by atoms with Crippen LogP contribution in [0.3, 0.4) is 0 Å². The van der Waals surface area contributed by atoms with Gasteiger partial charge in [0.05, 0.1) is 23.0 Å². The van der Waals surface area contributed by atoms with Crippen molar-refractivity contribution >= 4 is 51.6 Å². The van der Waals surface area contributed by atoms with Crippen LogP contribution in [0.15, 0.2) is 42.6 Å². The van der Waals surface area contributed by atoms with E-state index in [9.17, 15) is 4.79 Å². The molecule has 3 aromatic rings. The minimum absolute atomic E-state index is 0.0324. The number of para-hydroxylation sites is 1. The number of alkyl halides is 1. The van der Waals surface area contributed by atoms with Crippen LogP contribution >= 0.6 is 22.6 Å². The van der Waals surface area contributed by atoms with Crippen molar-refractivity contribution in [3.05, 3.63) is 64.8 Å². The number of aryl methyl sites for hydroxylation is 1. The molecule has 8 nitrogen and oxygen atoms in total. The molecule has 9 heteroatoms. The molecule has 2 fully saturated rings. The third-order valence-electron chi connectivity index (χ3n) is 8.26. The average Bonchev–Trinajstić information content (AvgIpc) is 3.48. The molecule has 1 aromatic heterocycles. The summed E-state index contributed by atoms with van der Waals surface area (Å²) in [4.78, 5) is 25.1. The standard InChI is InChI=1S/C33H43IN6O2/c1-21(2)42-30-18-27(23-13-15-40(4)16-14-23)22(3)17-29(30)38-33-35-20-24(19-34)31(39-33)37-28-12-8-7-11-26(28)32(41)36-25-9-5-6-10-25/h7-8,11-12,17-18,20-21,23,25H,5-6,9-10,13-16,19H2,1-4H3,(H,36,41)(H2,35,37,38,39). The van der Waals surface area contributed by atoms with Gasteiger partial charge in [0.15, 0.2) is 0 Å². The Balaban J connectivity index is 1.40. The number of hydrogen-bond acceptors (Lipinski definition) is 7. The van der Waals surface area contributed by atoms with E-state index in [-0.39, 0.29) is 18.1 Å². The summed E-state index contributed by atoms with van der Waals surface area (Å²) in [5.41, 5.74) is 5.76. The average molecular weight is 683 g/mol. The first-order chi connectivity index (χ1) is 20.3. The number of carbonyl (C=O) groups excluding carboxylic acids is 1. The van der Waals surface area contributed by atoms with Gasteiger partial charge in [0, 0.05) is 22.2 Å². The Bertz CT molecular complexity index is 1380. The summed E-state index contributed by atoms with van der Waals surface area (Å²) >= 11 is 2.32. The van der Waals surface area contributed by atoms with Crippen molar-refractivity contribution in [3.63, 3.8) is 0 Å². The predicted octanol–water partition coefficient (Wildman–Crippen LogP) is 7.48. The number of rotatable bonds is 10. The van der Waals surface area contributed by atoms with Crippen molar-refractivity contribution in [3.8, 4) is 5.75 Å². The minimum atomic E-state index is -0.0518. The van der Waals surface area contributed by atoms with E-state index in [0.717, 1.165) is 65.9 Å². The molecule has 42 heavy (non-hydrogen) atoms. The Labute approximate surface area is 263 Å². The van der Waals surface area contributed by atoms with E-state index in [4.69, 9.17) is 9.72 Å².